The molecule has 1 aliphatic heterocycles. The standard InChI is InChI=1S/C17H19NO6/c1-10(19)12-6-14-15(24-9-23-14)7-13(12)18-16(20)8-22-17(21)11-4-2-3-5-11/h6-7,11H,2-5,8-9H2,1H3,(H,18,20). The molecule has 0 bridgehead atoms. The first-order chi connectivity index (χ1) is 11.5. The second-order valence-corrected chi connectivity index (χ2v) is 5.94. The summed E-state index contributed by atoms with van der Waals surface area (Å²) in [5.74, 6) is -0.227. The number of carbonyl (C=O) groups excluding carboxylic acids is 3. The smallest absolute Gasteiger partial charge is 0.309 e. The van der Waals surface area contributed by atoms with Gasteiger partial charge in [-0.1, -0.05) is 12.8 Å². The maximum atomic E-state index is 12.0. The Labute approximate surface area is 139 Å². The molecule has 128 valence electrons. The fourth-order valence-electron chi connectivity index (χ4n) is 2.94. The van der Waals surface area contributed by atoms with Gasteiger partial charge in [-0.3, -0.25) is 14.4 Å². The monoisotopic (exact) mass is 333 g/mol. The summed E-state index contributed by atoms with van der Waals surface area (Å²) in [4.78, 5) is 35.6. The van der Waals surface area contributed by atoms with Gasteiger partial charge in [0.05, 0.1) is 11.6 Å². The molecule has 1 heterocycles. The number of hydrogen-bond donors (Lipinski definition) is 1. The minimum atomic E-state index is -0.497. The molecule has 0 saturated heterocycles. The van der Waals surface area contributed by atoms with Crippen LogP contribution in [-0.2, 0) is 14.3 Å². The molecule has 0 radical (unpaired) electrons. The fourth-order valence-corrected chi connectivity index (χ4v) is 2.94. The van der Waals surface area contributed by atoms with Gasteiger partial charge >= 0.3 is 5.97 Å². The summed E-state index contributed by atoms with van der Waals surface area (Å²) >= 11 is 0. The number of Topliss-reactive ketones (excluding diaryl/α,β-unsaturated/α-hetero) is 1. The highest BCUT2D eigenvalue weighted by molar-refractivity contribution is 6.05. The van der Waals surface area contributed by atoms with Crippen LogP contribution in [0.5, 0.6) is 11.5 Å². The number of hydrogen-bond acceptors (Lipinski definition) is 6. The molecule has 7 nitrogen and oxygen atoms in total. The molecule has 1 fully saturated rings. The molecule has 0 unspecified atom stereocenters. The Morgan fingerprint density at radius 3 is 2.50 bits per heavy atom. The SMILES string of the molecule is CC(=O)c1cc2c(cc1NC(=O)COC(=O)C1CCCC1)OCO2. The van der Waals surface area contributed by atoms with E-state index in [1.807, 2.05) is 0 Å². The Kier molecular flexibility index (Phi) is 4.69. The minimum absolute atomic E-state index is 0.0725. The Morgan fingerprint density at radius 2 is 1.83 bits per heavy atom. The van der Waals surface area contributed by atoms with E-state index >= 15 is 0 Å². The number of nitrogens with one attached hydrogen (secondary N) is 1. The first-order valence-electron chi connectivity index (χ1n) is 7.95. The van der Waals surface area contributed by atoms with Gasteiger partial charge in [-0.05, 0) is 25.8 Å². The summed E-state index contributed by atoms with van der Waals surface area (Å²) < 4.78 is 15.5. The topological polar surface area (TPSA) is 90.9 Å². The number of rotatable bonds is 5. The molecule has 24 heavy (non-hydrogen) atoms. The van der Waals surface area contributed by atoms with Gasteiger partial charge in [0, 0.05) is 11.6 Å². The maximum Gasteiger partial charge on any atom is 0.309 e. The van der Waals surface area contributed by atoms with Crippen LogP contribution in [0.15, 0.2) is 12.1 Å². The zero-order chi connectivity index (χ0) is 17.1. The molecular formula is C17H19NO6. The number of carbonyl (C=O) groups is 3. The van der Waals surface area contributed by atoms with Crippen molar-refractivity contribution in [1.29, 1.82) is 0 Å². The zero-order valence-corrected chi connectivity index (χ0v) is 13.4. The third-order valence-corrected chi connectivity index (χ3v) is 4.20. The van der Waals surface area contributed by atoms with Crippen LogP contribution in [0.2, 0.25) is 0 Å². The van der Waals surface area contributed by atoms with E-state index in [1.54, 1.807) is 0 Å². The largest absolute Gasteiger partial charge is 0.455 e. The summed E-state index contributed by atoms with van der Waals surface area (Å²) in [6.45, 7) is 1.09. The van der Waals surface area contributed by atoms with Crippen molar-refractivity contribution in [2.75, 3.05) is 18.7 Å². The van der Waals surface area contributed by atoms with Crippen molar-refractivity contribution in [1.82, 2.24) is 0 Å². The van der Waals surface area contributed by atoms with Crippen molar-refractivity contribution in [2.24, 2.45) is 5.92 Å². The number of fused-ring (bicyclic) bond motifs is 1. The minimum Gasteiger partial charge on any atom is -0.455 e. The Morgan fingerprint density at radius 1 is 1.17 bits per heavy atom. The Bertz CT molecular complexity index is 678. The highest BCUT2D eigenvalue weighted by atomic mass is 16.7. The average molecular weight is 333 g/mol. The predicted molar refractivity (Wildman–Crippen MR) is 84.1 cm³/mol. The average Bonchev–Trinajstić information content (AvgIpc) is 3.22. The summed E-state index contributed by atoms with van der Waals surface area (Å²) in [6.07, 6.45) is 3.67. The van der Waals surface area contributed by atoms with E-state index in [-0.39, 0.29) is 31.1 Å². The molecule has 1 saturated carbocycles. The van der Waals surface area contributed by atoms with E-state index < -0.39 is 5.91 Å². The first-order valence-corrected chi connectivity index (χ1v) is 7.95. The lowest BCUT2D eigenvalue weighted by molar-refractivity contribution is -0.151. The molecule has 1 amide bonds. The van der Waals surface area contributed by atoms with Crippen LogP contribution in [0.4, 0.5) is 5.69 Å². The van der Waals surface area contributed by atoms with Crippen LogP contribution in [0.3, 0.4) is 0 Å². The molecular weight excluding hydrogens is 314 g/mol. The van der Waals surface area contributed by atoms with Crippen molar-refractivity contribution >= 4 is 23.3 Å². The van der Waals surface area contributed by atoms with Crippen molar-refractivity contribution in [3.05, 3.63) is 17.7 Å². The highest BCUT2D eigenvalue weighted by Crippen LogP contribution is 2.37. The third-order valence-electron chi connectivity index (χ3n) is 4.20. The Balaban J connectivity index is 1.63. The van der Waals surface area contributed by atoms with Crippen LogP contribution < -0.4 is 14.8 Å². The summed E-state index contributed by atoms with van der Waals surface area (Å²) in [5, 5.41) is 2.59. The summed E-state index contributed by atoms with van der Waals surface area (Å²) in [5.41, 5.74) is 0.628. The lowest BCUT2D eigenvalue weighted by Crippen LogP contribution is -2.24. The molecule has 1 aromatic carbocycles. The molecule has 0 aromatic heterocycles. The fraction of sp³-hybridized carbons (Fsp3) is 0.471. The first kappa shape index (κ1) is 16.3. The molecule has 0 atom stereocenters. The second kappa shape index (κ2) is 6.90. The number of benzene rings is 1. The van der Waals surface area contributed by atoms with Gasteiger partial charge in [0.2, 0.25) is 6.79 Å². The molecule has 1 aromatic rings. The number of ketones is 1. The number of esters is 1. The second-order valence-electron chi connectivity index (χ2n) is 5.94. The van der Waals surface area contributed by atoms with Crippen LogP contribution in [0, 0.1) is 5.92 Å². The van der Waals surface area contributed by atoms with Crippen LogP contribution in [0.25, 0.3) is 0 Å². The lowest BCUT2D eigenvalue weighted by Gasteiger charge is -2.12. The van der Waals surface area contributed by atoms with Gasteiger partial charge in [0.25, 0.3) is 5.91 Å². The molecule has 7 heteroatoms. The Hall–Kier alpha value is -2.57. The van der Waals surface area contributed by atoms with Gasteiger partial charge in [-0.25, -0.2) is 0 Å². The van der Waals surface area contributed by atoms with Crippen LogP contribution in [0.1, 0.15) is 43.0 Å². The van der Waals surface area contributed by atoms with Crippen molar-refractivity contribution < 1.29 is 28.6 Å². The van der Waals surface area contributed by atoms with Crippen LogP contribution >= 0.6 is 0 Å². The van der Waals surface area contributed by atoms with Gasteiger partial charge in [-0.2, -0.15) is 0 Å². The third kappa shape index (κ3) is 3.50. The number of ether oxygens (including phenoxy) is 3. The van der Waals surface area contributed by atoms with Crippen molar-refractivity contribution in [3.8, 4) is 11.5 Å². The van der Waals surface area contributed by atoms with E-state index in [9.17, 15) is 14.4 Å². The maximum absolute atomic E-state index is 12.0. The van der Waals surface area contributed by atoms with Crippen molar-refractivity contribution in [2.45, 2.75) is 32.6 Å². The zero-order valence-electron chi connectivity index (χ0n) is 13.4. The van der Waals surface area contributed by atoms with Gasteiger partial charge in [0.1, 0.15) is 0 Å². The normalized spacial score (nSPS) is 16.0. The molecule has 1 aliphatic carbocycles. The highest BCUT2D eigenvalue weighted by Gasteiger charge is 2.25. The quantitative estimate of drug-likeness (QED) is 0.657. The van der Waals surface area contributed by atoms with Crippen molar-refractivity contribution in [3.63, 3.8) is 0 Å². The summed E-state index contributed by atoms with van der Waals surface area (Å²) in [6, 6.07) is 3.07. The predicted octanol–water partition coefficient (Wildman–Crippen LogP) is 2.29. The van der Waals surface area contributed by atoms with E-state index in [1.165, 1.54) is 19.1 Å². The van der Waals surface area contributed by atoms with E-state index in [2.05, 4.69) is 5.32 Å². The molecule has 1 N–H and O–H groups in total. The van der Waals surface area contributed by atoms with Gasteiger partial charge < -0.3 is 19.5 Å². The van der Waals surface area contributed by atoms with E-state index in [4.69, 9.17) is 14.2 Å². The molecule has 0 spiro atoms. The van der Waals surface area contributed by atoms with E-state index in [0.717, 1.165) is 25.7 Å². The molecule has 3 rings (SSSR count). The van der Waals surface area contributed by atoms with Gasteiger partial charge in [-0.15, -0.1) is 0 Å². The number of amides is 1. The molecule has 2 aliphatic rings. The van der Waals surface area contributed by atoms with Crippen LogP contribution in [-0.4, -0.2) is 31.1 Å². The summed E-state index contributed by atoms with van der Waals surface area (Å²) in [7, 11) is 0. The number of anilines is 1. The lowest BCUT2D eigenvalue weighted by atomic mass is 10.1. The van der Waals surface area contributed by atoms with Gasteiger partial charge in [0.15, 0.2) is 23.9 Å². The van der Waals surface area contributed by atoms with E-state index in [0.29, 0.717) is 22.7 Å².